The first-order valence-electron chi connectivity index (χ1n) is 17.8. The summed E-state index contributed by atoms with van der Waals surface area (Å²) in [6.45, 7) is 4.06. The highest BCUT2D eigenvalue weighted by atomic mass is 16.3. The van der Waals surface area contributed by atoms with Gasteiger partial charge in [0.05, 0.1) is 18.8 Å². The Hall–Kier alpha value is -2.43. The van der Waals surface area contributed by atoms with E-state index in [1.165, 1.54) is 38.5 Å². The smallest absolute Gasteiger partial charge is 0.220 e. The zero-order valence-corrected chi connectivity index (χ0v) is 28.4. The fraction of sp³-hybridized carbons (Fsp3) is 0.625. The zero-order valence-electron chi connectivity index (χ0n) is 28.4. The number of hydrogen-bond acceptors (Lipinski definition) is 3. The van der Waals surface area contributed by atoms with Gasteiger partial charge in [-0.1, -0.05) is 150 Å². The minimum absolute atomic E-state index is 0.0862. The van der Waals surface area contributed by atoms with E-state index in [0.29, 0.717) is 6.42 Å². The van der Waals surface area contributed by atoms with Crippen molar-refractivity contribution in [3.8, 4) is 0 Å². The molecule has 1 amide bonds. The van der Waals surface area contributed by atoms with Gasteiger partial charge in [0.2, 0.25) is 5.91 Å². The number of carbonyl (C=O) groups excluding carboxylic acids is 1. The lowest BCUT2D eigenvalue weighted by molar-refractivity contribution is -0.123. The molecule has 2 unspecified atom stereocenters. The molecule has 0 bridgehead atoms. The minimum atomic E-state index is -0.843. The lowest BCUT2D eigenvalue weighted by Crippen LogP contribution is -2.45. The molecule has 0 fully saturated rings. The third-order valence-corrected chi connectivity index (χ3v) is 7.38. The van der Waals surface area contributed by atoms with Crippen molar-refractivity contribution in [1.29, 1.82) is 0 Å². The SMILES string of the molecule is CC/C=C\C/C=C\C/C=C\C/C=C\C/C=C\C/C=C\CCCCCCCCCCC(=O)NC(CO)C(O)/C=C/CCCCC. The van der Waals surface area contributed by atoms with Crippen molar-refractivity contribution < 1.29 is 15.0 Å². The molecule has 0 spiro atoms. The Balaban J connectivity index is 3.60. The molecule has 0 saturated carbocycles. The van der Waals surface area contributed by atoms with Crippen molar-refractivity contribution in [1.82, 2.24) is 5.32 Å². The molecule has 44 heavy (non-hydrogen) atoms. The average Bonchev–Trinajstić information content (AvgIpc) is 3.03. The monoisotopic (exact) mass is 610 g/mol. The van der Waals surface area contributed by atoms with Crippen LogP contribution in [0.3, 0.4) is 0 Å². The molecule has 0 aromatic carbocycles. The fourth-order valence-electron chi connectivity index (χ4n) is 4.65. The summed E-state index contributed by atoms with van der Waals surface area (Å²) in [4.78, 5) is 12.2. The molecule has 2 atom stereocenters. The van der Waals surface area contributed by atoms with Crippen LogP contribution in [0, 0.1) is 0 Å². The van der Waals surface area contributed by atoms with Gasteiger partial charge < -0.3 is 15.5 Å². The Morgan fingerprint density at radius 3 is 1.50 bits per heavy atom. The van der Waals surface area contributed by atoms with Crippen molar-refractivity contribution in [3.63, 3.8) is 0 Å². The molecule has 0 aromatic heterocycles. The molecule has 4 heteroatoms. The number of hydrogen-bond donors (Lipinski definition) is 3. The molecular formula is C40H67NO3. The molecule has 0 rings (SSSR count). The first-order valence-corrected chi connectivity index (χ1v) is 17.8. The van der Waals surface area contributed by atoms with Crippen molar-refractivity contribution in [2.75, 3.05) is 6.61 Å². The van der Waals surface area contributed by atoms with Gasteiger partial charge in [0, 0.05) is 6.42 Å². The normalized spacial score (nSPS) is 14.2. The summed E-state index contributed by atoms with van der Waals surface area (Å²) < 4.78 is 0. The Morgan fingerprint density at radius 1 is 0.568 bits per heavy atom. The molecule has 4 nitrogen and oxygen atoms in total. The minimum Gasteiger partial charge on any atom is -0.394 e. The van der Waals surface area contributed by atoms with Gasteiger partial charge in [-0.25, -0.2) is 0 Å². The summed E-state index contributed by atoms with van der Waals surface area (Å²) in [6, 6.07) is -0.627. The van der Waals surface area contributed by atoms with E-state index in [4.69, 9.17) is 0 Å². The van der Waals surface area contributed by atoms with Gasteiger partial charge in [0.25, 0.3) is 0 Å². The molecule has 250 valence electrons. The summed E-state index contributed by atoms with van der Waals surface area (Å²) >= 11 is 0. The molecule has 3 N–H and O–H groups in total. The topological polar surface area (TPSA) is 69.6 Å². The van der Waals surface area contributed by atoms with Crippen LogP contribution in [0.1, 0.15) is 142 Å². The summed E-state index contributed by atoms with van der Waals surface area (Å²) in [7, 11) is 0. The van der Waals surface area contributed by atoms with Gasteiger partial charge in [-0.15, -0.1) is 0 Å². The lowest BCUT2D eigenvalue weighted by atomic mass is 10.1. The van der Waals surface area contributed by atoms with Crippen LogP contribution in [0.2, 0.25) is 0 Å². The molecular weight excluding hydrogens is 542 g/mol. The highest BCUT2D eigenvalue weighted by Crippen LogP contribution is 2.11. The highest BCUT2D eigenvalue weighted by Gasteiger charge is 2.17. The number of nitrogens with one attached hydrogen (secondary N) is 1. The van der Waals surface area contributed by atoms with Gasteiger partial charge in [-0.2, -0.15) is 0 Å². The quantitative estimate of drug-likeness (QED) is 0.0560. The van der Waals surface area contributed by atoms with Crippen LogP contribution in [-0.2, 0) is 4.79 Å². The molecule has 0 aliphatic heterocycles. The van der Waals surface area contributed by atoms with Crippen LogP contribution < -0.4 is 5.32 Å². The zero-order chi connectivity index (χ0) is 32.2. The molecule has 0 saturated heterocycles. The van der Waals surface area contributed by atoms with Crippen molar-refractivity contribution in [2.24, 2.45) is 0 Å². The van der Waals surface area contributed by atoms with Crippen LogP contribution in [-0.4, -0.2) is 34.9 Å². The van der Waals surface area contributed by atoms with Crippen LogP contribution in [0.15, 0.2) is 85.1 Å². The van der Waals surface area contributed by atoms with E-state index in [2.05, 4.69) is 92.1 Å². The van der Waals surface area contributed by atoms with Crippen molar-refractivity contribution >= 4 is 5.91 Å². The largest absolute Gasteiger partial charge is 0.394 e. The van der Waals surface area contributed by atoms with E-state index in [9.17, 15) is 15.0 Å². The maximum Gasteiger partial charge on any atom is 0.220 e. The van der Waals surface area contributed by atoms with E-state index >= 15 is 0 Å². The van der Waals surface area contributed by atoms with Gasteiger partial charge in [0.15, 0.2) is 0 Å². The third kappa shape index (κ3) is 31.0. The summed E-state index contributed by atoms with van der Waals surface area (Å²) in [6.07, 6.45) is 51.2. The second-order valence-electron chi connectivity index (χ2n) is 11.6. The van der Waals surface area contributed by atoms with E-state index in [1.54, 1.807) is 6.08 Å². The molecule has 0 heterocycles. The van der Waals surface area contributed by atoms with E-state index in [-0.39, 0.29) is 12.5 Å². The Bertz CT molecular complexity index is 834. The predicted octanol–water partition coefficient (Wildman–Crippen LogP) is 10.6. The molecule has 0 aliphatic carbocycles. The number of rotatable bonds is 30. The second-order valence-corrected chi connectivity index (χ2v) is 11.6. The summed E-state index contributed by atoms with van der Waals surface area (Å²) in [5, 5.41) is 22.5. The van der Waals surface area contributed by atoms with Crippen LogP contribution in [0.5, 0.6) is 0 Å². The summed E-state index contributed by atoms with van der Waals surface area (Å²) in [5.74, 6) is -0.0862. The van der Waals surface area contributed by atoms with Crippen LogP contribution >= 0.6 is 0 Å². The van der Waals surface area contributed by atoms with Gasteiger partial charge in [-0.3, -0.25) is 4.79 Å². The molecule has 0 aliphatic rings. The molecule has 0 radical (unpaired) electrons. The van der Waals surface area contributed by atoms with Crippen LogP contribution in [0.4, 0.5) is 0 Å². The first kappa shape index (κ1) is 41.6. The number of carbonyl (C=O) groups is 1. The van der Waals surface area contributed by atoms with E-state index < -0.39 is 12.1 Å². The maximum atomic E-state index is 12.2. The number of allylic oxidation sites excluding steroid dienone is 13. The predicted molar refractivity (Wildman–Crippen MR) is 193 cm³/mol. The van der Waals surface area contributed by atoms with Gasteiger partial charge >= 0.3 is 0 Å². The Labute approximate surface area is 271 Å². The van der Waals surface area contributed by atoms with Gasteiger partial charge in [0.1, 0.15) is 0 Å². The van der Waals surface area contributed by atoms with Crippen molar-refractivity contribution in [2.45, 2.75) is 154 Å². The number of aliphatic hydroxyl groups excluding tert-OH is 2. The van der Waals surface area contributed by atoms with E-state index in [0.717, 1.165) is 83.5 Å². The second kappa shape index (κ2) is 35.1. The standard InChI is InChI=1S/C40H67NO3/c1-3-5-7-9-10-11-12-13-14-15-16-17-18-19-20-21-22-23-24-25-26-27-28-29-30-32-34-36-40(44)41-38(37-42)39(43)35-33-31-8-6-4-2/h5,7,10-11,13-14,16-17,19-20,22-23,33,35,38-39,42-43H,3-4,6,8-9,12,15,18,21,24-32,34,36-37H2,1-2H3,(H,41,44)/b7-5-,11-10-,14-13-,17-16-,20-19-,23-22-,35-33+. The summed E-state index contributed by atoms with van der Waals surface area (Å²) in [5.41, 5.74) is 0. The number of amides is 1. The number of aliphatic hydroxyl groups is 2. The fourth-order valence-corrected chi connectivity index (χ4v) is 4.65. The Kier molecular flexibility index (Phi) is 33.1. The van der Waals surface area contributed by atoms with E-state index in [1.807, 2.05) is 6.08 Å². The number of unbranched alkanes of at least 4 members (excludes halogenated alkanes) is 11. The Morgan fingerprint density at radius 2 is 1.00 bits per heavy atom. The lowest BCUT2D eigenvalue weighted by Gasteiger charge is -2.20. The third-order valence-electron chi connectivity index (χ3n) is 7.38. The first-order chi connectivity index (χ1) is 21.7. The van der Waals surface area contributed by atoms with Crippen molar-refractivity contribution in [3.05, 3.63) is 85.1 Å². The maximum absolute atomic E-state index is 12.2. The van der Waals surface area contributed by atoms with Gasteiger partial charge in [-0.05, 0) is 70.6 Å². The highest BCUT2D eigenvalue weighted by molar-refractivity contribution is 5.76. The average molecular weight is 610 g/mol. The molecule has 0 aromatic rings. The van der Waals surface area contributed by atoms with Crippen LogP contribution in [0.25, 0.3) is 0 Å².